The normalized spacial score (nSPS) is 16.4. The maximum Gasteiger partial charge on any atom is 0.253 e. The van der Waals surface area contributed by atoms with Crippen LogP contribution in [0.25, 0.3) is 0 Å². The van der Waals surface area contributed by atoms with Gasteiger partial charge in [-0.15, -0.1) is 0 Å². The SMILES string of the molecule is O=C(NCC[NH+]1CCCCC1)c1ccc(C=NO)nc1. The van der Waals surface area contributed by atoms with E-state index in [1.54, 1.807) is 17.0 Å². The van der Waals surface area contributed by atoms with Crippen LogP contribution in [-0.4, -0.2) is 48.5 Å². The second-order valence-corrected chi connectivity index (χ2v) is 5.03. The van der Waals surface area contributed by atoms with E-state index in [0.717, 1.165) is 6.54 Å². The minimum absolute atomic E-state index is 0.110. The molecule has 3 N–H and O–H groups in total. The van der Waals surface area contributed by atoms with Gasteiger partial charge in [0, 0.05) is 6.20 Å². The topological polar surface area (TPSA) is 79.0 Å². The molecule has 2 rings (SSSR count). The number of hydrogen-bond donors (Lipinski definition) is 3. The molecule has 0 aliphatic carbocycles. The zero-order valence-corrected chi connectivity index (χ0v) is 11.5. The molecule has 0 unspecified atom stereocenters. The van der Waals surface area contributed by atoms with Gasteiger partial charge < -0.3 is 15.4 Å². The van der Waals surface area contributed by atoms with E-state index in [9.17, 15) is 4.79 Å². The summed E-state index contributed by atoms with van der Waals surface area (Å²) in [6, 6.07) is 3.32. The standard InChI is InChI=1S/C14H20N4O2/c19-14(12-4-5-13(11-17-20)16-10-12)15-6-9-18-7-2-1-3-8-18/h4-5,10-11,20H,1-3,6-9H2,(H,15,19)/p+1. The van der Waals surface area contributed by atoms with Gasteiger partial charge in [-0.3, -0.25) is 9.78 Å². The second kappa shape index (κ2) is 7.59. The highest BCUT2D eigenvalue weighted by Gasteiger charge is 2.13. The molecule has 1 saturated heterocycles. The molecule has 1 aromatic heterocycles. The van der Waals surface area contributed by atoms with Crippen LogP contribution in [0.1, 0.15) is 35.3 Å². The van der Waals surface area contributed by atoms with Gasteiger partial charge in [-0.25, -0.2) is 0 Å². The fraction of sp³-hybridized carbons (Fsp3) is 0.500. The van der Waals surface area contributed by atoms with Gasteiger partial charge in [0.05, 0.1) is 43.7 Å². The van der Waals surface area contributed by atoms with Crippen LogP contribution >= 0.6 is 0 Å². The van der Waals surface area contributed by atoms with Gasteiger partial charge in [0.1, 0.15) is 0 Å². The van der Waals surface area contributed by atoms with Crippen LogP contribution < -0.4 is 10.2 Å². The van der Waals surface area contributed by atoms with Crippen molar-refractivity contribution in [2.45, 2.75) is 19.3 Å². The Morgan fingerprint density at radius 3 is 2.85 bits per heavy atom. The van der Waals surface area contributed by atoms with Gasteiger partial charge >= 0.3 is 0 Å². The van der Waals surface area contributed by atoms with Crippen LogP contribution in [0.4, 0.5) is 0 Å². The summed E-state index contributed by atoms with van der Waals surface area (Å²) < 4.78 is 0. The summed E-state index contributed by atoms with van der Waals surface area (Å²) in [6.45, 7) is 4.10. The summed E-state index contributed by atoms with van der Waals surface area (Å²) in [5, 5.41) is 14.2. The molecule has 1 aliphatic rings. The quantitative estimate of drug-likeness (QED) is 0.392. The molecule has 2 heterocycles. The molecule has 0 aromatic carbocycles. The molecule has 6 heteroatoms. The molecule has 0 atom stereocenters. The third-order valence-corrected chi connectivity index (χ3v) is 3.56. The van der Waals surface area contributed by atoms with Crippen molar-refractivity contribution in [2.24, 2.45) is 5.16 Å². The van der Waals surface area contributed by atoms with Gasteiger partial charge in [-0.1, -0.05) is 5.16 Å². The molecule has 1 amide bonds. The predicted octanol–water partition coefficient (Wildman–Crippen LogP) is -0.312. The van der Waals surface area contributed by atoms with Crippen molar-refractivity contribution in [3.8, 4) is 0 Å². The first-order valence-electron chi connectivity index (χ1n) is 7.05. The Morgan fingerprint density at radius 2 is 2.20 bits per heavy atom. The number of oxime groups is 1. The Bertz CT molecular complexity index is 453. The molecule has 0 spiro atoms. The van der Waals surface area contributed by atoms with Gasteiger partial charge in [-0.2, -0.15) is 0 Å². The second-order valence-electron chi connectivity index (χ2n) is 5.03. The first-order valence-corrected chi connectivity index (χ1v) is 7.05. The van der Waals surface area contributed by atoms with Crippen LogP contribution in [-0.2, 0) is 0 Å². The van der Waals surface area contributed by atoms with E-state index in [1.165, 1.54) is 44.8 Å². The van der Waals surface area contributed by atoms with Crippen molar-refractivity contribution in [3.63, 3.8) is 0 Å². The smallest absolute Gasteiger partial charge is 0.253 e. The number of likely N-dealkylation sites (tertiary alicyclic amines) is 1. The number of rotatable bonds is 5. The lowest BCUT2D eigenvalue weighted by atomic mass is 10.1. The summed E-state index contributed by atoms with van der Waals surface area (Å²) in [6.07, 6.45) is 6.63. The number of piperidine rings is 1. The average Bonchev–Trinajstić information content (AvgIpc) is 2.49. The highest BCUT2D eigenvalue weighted by atomic mass is 16.4. The Kier molecular flexibility index (Phi) is 5.49. The molecule has 6 nitrogen and oxygen atoms in total. The van der Waals surface area contributed by atoms with E-state index in [-0.39, 0.29) is 5.91 Å². The third kappa shape index (κ3) is 4.31. The van der Waals surface area contributed by atoms with Crippen molar-refractivity contribution in [3.05, 3.63) is 29.6 Å². The number of hydrogen-bond acceptors (Lipinski definition) is 4. The Balaban J connectivity index is 1.76. The Hall–Kier alpha value is -1.95. The monoisotopic (exact) mass is 277 g/mol. The molecule has 1 aromatic rings. The number of aromatic nitrogens is 1. The zero-order valence-electron chi connectivity index (χ0n) is 11.5. The lowest BCUT2D eigenvalue weighted by molar-refractivity contribution is -0.903. The first kappa shape index (κ1) is 14.5. The molecule has 1 aliphatic heterocycles. The number of carbonyl (C=O) groups is 1. The minimum Gasteiger partial charge on any atom is -0.411 e. The van der Waals surface area contributed by atoms with Crippen LogP contribution in [0, 0.1) is 0 Å². The van der Waals surface area contributed by atoms with Crippen molar-refractivity contribution in [1.29, 1.82) is 0 Å². The summed E-state index contributed by atoms with van der Waals surface area (Å²) in [4.78, 5) is 17.5. The maximum atomic E-state index is 11.9. The lowest BCUT2D eigenvalue weighted by Gasteiger charge is -2.23. The van der Waals surface area contributed by atoms with E-state index in [4.69, 9.17) is 5.21 Å². The number of carbonyl (C=O) groups excluding carboxylic acids is 1. The number of quaternary nitrogens is 1. The molecule has 0 saturated carbocycles. The van der Waals surface area contributed by atoms with Gasteiger partial charge in [-0.05, 0) is 31.4 Å². The van der Waals surface area contributed by atoms with E-state index < -0.39 is 0 Å². The Morgan fingerprint density at radius 1 is 1.40 bits per heavy atom. The van der Waals surface area contributed by atoms with Gasteiger partial charge in [0.25, 0.3) is 5.91 Å². The first-order chi connectivity index (χ1) is 9.79. The lowest BCUT2D eigenvalue weighted by Crippen LogP contribution is -3.13. The summed E-state index contributed by atoms with van der Waals surface area (Å²) in [5.41, 5.74) is 1.04. The maximum absolute atomic E-state index is 11.9. The molecule has 20 heavy (non-hydrogen) atoms. The van der Waals surface area contributed by atoms with Crippen molar-refractivity contribution in [1.82, 2.24) is 10.3 Å². The van der Waals surface area contributed by atoms with Crippen molar-refractivity contribution >= 4 is 12.1 Å². The van der Waals surface area contributed by atoms with Crippen molar-refractivity contribution in [2.75, 3.05) is 26.2 Å². The number of nitrogens with zero attached hydrogens (tertiary/aromatic N) is 2. The minimum atomic E-state index is -0.110. The predicted molar refractivity (Wildman–Crippen MR) is 75.4 cm³/mol. The zero-order chi connectivity index (χ0) is 14.2. The fourth-order valence-corrected chi connectivity index (χ4v) is 2.43. The third-order valence-electron chi connectivity index (χ3n) is 3.56. The van der Waals surface area contributed by atoms with Crippen LogP contribution in [0.5, 0.6) is 0 Å². The van der Waals surface area contributed by atoms with Gasteiger partial charge in [0.2, 0.25) is 0 Å². The van der Waals surface area contributed by atoms with Crippen LogP contribution in [0.3, 0.4) is 0 Å². The van der Waals surface area contributed by atoms with Crippen molar-refractivity contribution < 1.29 is 14.9 Å². The molecule has 108 valence electrons. The number of pyridine rings is 1. The van der Waals surface area contributed by atoms with E-state index in [0.29, 0.717) is 17.8 Å². The molecular formula is C14H21N4O2+. The Labute approximate surface area is 118 Å². The molecule has 0 bridgehead atoms. The number of amides is 1. The molecular weight excluding hydrogens is 256 g/mol. The molecule has 1 fully saturated rings. The largest absolute Gasteiger partial charge is 0.411 e. The van der Waals surface area contributed by atoms with E-state index >= 15 is 0 Å². The summed E-state index contributed by atoms with van der Waals surface area (Å²) >= 11 is 0. The highest BCUT2D eigenvalue weighted by Crippen LogP contribution is 1.98. The summed E-state index contributed by atoms with van der Waals surface area (Å²) in [5.74, 6) is -0.110. The summed E-state index contributed by atoms with van der Waals surface area (Å²) in [7, 11) is 0. The van der Waals surface area contributed by atoms with Crippen LogP contribution in [0.2, 0.25) is 0 Å². The number of nitrogens with one attached hydrogen (secondary N) is 2. The van der Waals surface area contributed by atoms with Crippen LogP contribution in [0.15, 0.2) is 23.5 Å². The van der Waals surface area contributed by atoms with E-state index in [2.05, 4.69) is 15.5 Å². The average molecular weight is 277 g/mol. The van der Waals surface area contributed by atoms with Gasteiger partial charge in [0.15, 0.2) is 0 Å². The van der Waals surface area contributed by atoms with E-state index in [1.807, 2.05) is 0 Å². The molecule has 0 radical (unpaired) electrons. The highest BCUT2D eigenvalue weighted by molar-refractivity contribution is 5.94. The fourth-order valence-electron chi connectivity index (χ4n) is 2.43.